The van der Waals surface area contributed by atoms with Crippen molar-refractivity contribution in [2.24, 2.45) is 23.2 Å². The Morgan fingerprint density at radius 1 is 1.53 bits per heavy atom. The van der Waals surface area contributed by atoms with Crippen molar-refractivity contribution in [3.05, 3.63) is 11.6 Å². The summed E-state index contributed by atoms with van der Waals surface area (Å²) in [6, 6.07) is 0. The van der Waals surface area contributed by atoms with Crippen molar-refractivity contribution in [2.45, 2.75) is 47.1 Å². The molecule has 1 aliphatic heterocycles. The standard InChI is InChI=1S/C16H26O3/c1-6-14-15-10(2)7-11(3)16(9-19-14,12(15)4)8-18-13(5)17/h7,11-12,14-15H,6,8-9H2,1-5H3/t11-,12+,14+,15-,16-/m1/s1. The molecule has 5 atom stereocenters. The highest BCUT2D eigenvalue weighted by atomic mass is 16.5. The van der Waals surface area contributed by atoms with Gasteiger partial charge < -0.3 is 9.47 Å². The molecule has 0 saturated carbocycles. The van der Waals surface area contributed by atoms with Crippen LogP contribution in [0.1, 0.15) is 41.0 Å². The van der Waals surface area contributed by atoms with Crippen molar-refractivity contribution >= 4 is 5.97 Å². The zero-order chi connectivity index (χ0) is 14.2. The fourth-order valence-electron chi connectivity index (χ4n) is 3.99. The van der Waals surface area contributed by atoms with E-state index in [-0.39, 0.29) is 11.4 Å². The Morgan fingerprint density at radius 2 is 2.21 bits per heavy atom. The molecule has 108 valence electrons. The summed E-state index contributed by atoms with van der Waals surface area (Å²) in [4.78, 5) is 11.2. The van der Waals surface area contributed by atoms with Gasteiger partial charge in [-0.05, 0) is 25.2 Å². The summed E-state index contributed by atoms with van der Waals surface area (Å²) in [5.41, 5.74) is 1.38. The van der Waals surface area contributed by atoms with Crippen LogP contribution in [-0.4, -0.2) is 25.3 Å². The number of allylic oxidation sites excluding steroid dienone is 1. The summed E-state index contributed by atoms with van der Waals surface area (Å²) >= 11 is 0. The van der Waals surface area contributed by atoms with Gasteiger partial charge in [0.15, 0.2) is 0 Å². The molecule has 19 heavy (non-hydrogen) atoms. The first-order chi connectivity index (χ1) is 8.92. The van der Waals surface area contributed by atoms with Gasteiger partial charge in [0.1, 0.15) is 0 Å². The highest BCUT2D eigenvalue weighted by molar-refractivity contribution is 5.65. The molecule has 2 rings (SSSR count). The summed E-state index contributed by atoms with van der Waals surface area (Å²) in [7, 11) is 0. The molecular formula is C16H26O3. The number of hydrogen-bond donors (Lipinski definition) is 0. The third-order valence-electron chi connectivity index (χ3n) is 5.30. The molecule has 3 nitrogen and oxygen atoms in total. The maximum Gasteiger partial charge on any atom is 0.302 e. The van der Waals surface area contributed by atoms with E-state index in [1.807, 2.05) is 0 Å². The van der Waals surface area contributed by atoms with Gasteiger partial charge in [-0.1, -0.05) is 32.4 Å². The van der Waals surface area contributed by atoms with Crippen LogP contribution in [0.15, 0.2) is 11.6 Å². The van der Waals surface area contributed by atoms with Crippen LogP contribution in [0.4, 0.5) is 0 Å². The average Bonchev–Trinajstić information content (AvgIpc) is 2.34. The topological polar surface area (TPSA) is 35.5 Å². The quantitative estimate of drug-likeness (QED) is 0.581. The molecule has 2 aliphatic rings. The van der Waals surface area contributed by atoms with Crippen LogP contribution in [0.2, 0.25) is 0 Å². The number of esters is 1. The number of ether oxygens (including phenoxy) is 2. The van der Waals surface area contributed by atoms with Crippen molar-refractivity contribution in [3.63, 3.8) is 0 Å². The van der Waals surface area contributed by atoms with Gasteiger partial charge in [0.05, 0.1) is 19.3 Å². The smallest absolute Gasteiger partial charge is 0.302 e. The van der Waals surface area contributed by atoms with E-state index in [0.717, 1.165) is 6.42 Å². The van der Waals surface area contributed by atoms with Gasteiger partial charge in [0.2, 0.25) is 0 Å². The van der Waals surface area contributed by atoms with Crippen LogP contribution >= 0.6 is 0 Å². The SMILES string of the molecule is CC[C@@H]1OC[C@]2(COC(C)=O)[C@H](C)C=C(C)[C@@H]1[C@@H]2C. The molecule has 1 aliphatic carbocycles. The van der Waals surface area contributed by atoms with Crippen molar-refractivity contribution in [3.8, 4) is 0 Å². The van der Waals surface area contributed by atoms with Gasteiger partial charge in [0.25, 0.3) is 0 Å². The second-order valence-corrected chi connectivity index (χ2v) is 6.28. The van der Waals surface area contributed by atoms with E-state index in [2.05, 4.69) is 33.8 Å². The molecule has 0 spiro atoms. The summed E-state index contributed by atoms with van der Waals surface area (Å²) in [6.07, 6.45) is 3.71. The lowest BCUT2D eigenvalue weighted by atomic mass is 9.56. The Morgan fingerprint density at radius 3 is 2.79 bits per heavy atom. The zero-order valence-corrected chi connectivity index (χ0v) is 12.7. The monoisotopic (exact) mass is 266 g/mol. The molecule has 1 saturated heterocycles. The van der Waals surface area contributed by atoms with Crippen molar-refractivity contribution in [1.82, 2.24) is 0 Å². The van der Waals surface area contributed by atoms with Crippen molar-refractivity contribution in [2.75, 3.05) is 13.2 Å². The van der Waals surface area contributed by atoms with E-state index < -0.39 is 0 Å². The zero-order valence-electron chi connectivity index (χ0n) is 12.7. The van der Waals surface area contributed by atoms with Crippen LogP contribution in [-0.2, 0) is 14.3 Å². The summed E-state index contributed by atoms with van der Waals surface area (Å²) < 4.78 is 11.5. The minimum Gasteiger partial charge on any atom is -0.465 e. The number of carbonyl (C=O) groups excluding carboxylic acids is 1. The fourth-order valence-corrected chi connectivity index (χ4v) is 3.99. The fraction of sp³-hybridized carbons (Fsp3) is 0.812. The van der Waals surface area contributed by atoms with Gasteiger partial charge in [-0.15, -0.1) is 0 Å². The second-order valence-electron chi connectivity index (χ2n) is 6.28. The molecule has 0 aromatic carbocycles. The molecule has 0 aromatic rings. The maximum absolute atomic E-state index is 11.2. The molecule has 2 bridgehead atoms. The van der Waals surface area contributed by atoms with Gasteiger partial charge in [-0.25, -0.2) is 0 Å². The summed E-state index contributed by atoms with van der Waals surface area (Å²) in [5, 5.41) is 0. The van der Waals surface area contributed by atoms with Crippen LogP contribution in [0.3, 0.4) is 0 Å². The first kappa shape index (κ1) is 14.6. The highest BCUT2D eigenvalue weighted by Crippen LogP contribution is 2.53. The Labute approximate surface area is 116 Å². The van der Waals surface area contributed by atoms with E-state index in [1.54, 1.807) is 0 Å². The maximum atomic E-state index is 11.2. The molecule has 0 aromatic heterocycles. The molecule has 3 heteroatoms. The van der Waals surface area contributed by atoms with Crippen LogP contribution in [0.25, 0.3) is 0 Å². The normalized spacial score (nSPS) is 41.6. The van der Waals surface area contributed by atoms with Crippen LogP contribution < -0.4 is 0 Å². The lowest BCUT2D eigenvalue weighted by Crippen LogP contribution is -2.56. The van der Waals surface area contributed by atoms with E-state index in [0.29, 0.717) is 37.1 Å². The van der Waals surface area contributed by atoms with Crippen LogP contribution in [0.5, 0.6) is 0 Å². The van der Waals surface area contributed by atoms with E-state index >= 15 is 0 Å². The number of carbonyl (C=O) groups is 1. The minimum atomic E-state index is -0.200. The largest absolute Gasteiger partial charge is 0.465 e. The molecule has 0 amide bonds. The first-order valence-electron chi connectivity index (χ1n) is 7.35. The summed E-state index contributed by atoms with van der Waals surface area (Å²) in [6.45, 7) is 11.6. The number of rotatable bonds is 3. The average molecular weight is 266 g/mol. The Hall–Kier alpha value is -0.830. The van der Waals surface area contributed by atoms with Crippen molar-refractivity contribution in [1.29, 1.82) is 0 Å². The molecule has 0 radical (unpaired) electrons. The Bertz CT molecular complexity index is 387. The molecule has 1 fully saturated rings. The third kappa shape index (κ3) is 2.33. The van der Waals surface area contributed by atoms with Gasteiger partial charge in [-0.3, -0.25) is 4.79 Å². The first-order valence-corrected chi connectivity index (χ1v) is 7.35. The molecule has 0 N–H and O–H groups in total. The predicted octanol–water partition coefficient (Wildman–Crippen LogP) is 3.19. The number of fused-ring (bicyclic) bond motifs is 2. The van der Waals surface area contributed by atoms with Gasteiger partial charge >= 0.3 is 5.97 Å². The number of hydrogen-bond acceptors (Lipinski definition) is 3. The molecular weight excluding hydrogens is 240 g/mol. The second kappa shape index (κ2) is 5.28. The molecule has 1 heterocycles. The van der Waals surface area contributed by atoms with Crippen molar-refractivity contribution < 1.29 is 14.3 Å². The van der Waals surface area contributed by atoms with Gasteiger partial charge in [0, 0.05) is 18.3 Å². The van der Waals surface area contributed by atoms with Crippen LogP contribution in [0, 0.1) is 23.2 Å². The molecule has 0 unspecified atom stereocenters. The van der Waals surface area contributed by atoms with E-state index in [9.17, 15) is 4.79 Å². The van der Waals surface area contributed by atoms with Gasteiger partial charge in [-0.2, -0.15) is 0 Å². The Kier molecular flexibility index (Phi) is 4.05. The third-order valence-corrected chi connectivity index (χ3v) is 5.30. The summed E-state index contributed by atoms with van der Waals surface area (Å²) in [5.74, 6) is 1.14. The minimum absolute atomic E-state index is 0.0541. The lowest BCUT2D eigenvalue weighted by Gasteiger charge is -2.55. The van der Waals surface area contributed by atoms with E-state index in [4.69, 9.17) is 9.47 Å². The predicted molar refractivity (Wildman–Crippen MR) is 74.7 cm³/mol. The lowest BCUT2D eigenvalue weighted by molar-refractivity contribution is -0.179. The Balaban J connectivity index is 2.31. The van der Waals surface area contributed by atoms with E-state index in [1.165, 1.54) is 12.5 Å². The highest BCUT2D eigenvalue weighted by Gasteiger charge is 2.53.